The highest BCUT2D eigenvalue weighted by atomic mass is 32.2. The Balaban J connectivity index is 1.60. The van der Waals surface area contributed by atoms with Crippen molar-refractivity contribution in [2.45, 2.75) is 124 Å². The van der Waals surface area contributed by atoms with Gasteiger partial charge in [0.2, 0.25) is 5.91 Å². The van der Waals surface area contributed by atoms with Crippen molar-refractivity contribution in [1.82, 2.24) is 4.72 Å². The molecule has 1 amide bonds. The van der Waals surface area contributed by atoms with Gasteiger partial charge in [0, 0.05) is 11.8 Å². The maximum atomic E-state index is 14.2. The highest BCUT2D eigenvalue weighted by molar-refractivity contribution is 7.78. The Bertz CT molecular complexity index is 1130. The fourth-order valence-electron chi connectivity index (χ4n) is 8.59. The predicted molar refractivity (Wildman–Crippen MR) is 159 cm³/mol. The van der Waals surface area contributed by atoms with Gasteiger partial charge in [0.05, 0.1) is 31.0 Å². The standard InChI is InChI=1S/C32H51NO9S/c1-9-29(4,26(36)42-32(7)22-13-20-12-21(15-22)16-23(32)14-20)19-30(5,18-28(2,3)25(35)33-43(38)39-8)27(37)41-31(6)10-11-40-24(34)17-31/h20-23H,9-19H2,1-8H3,(H,33,35). The number of hydrogen-bond donors (Lipinski definition) is 1. The maximum absolute atomic E-state index is 14.2. The summed E-state index contributed by atoms with van der Waals surface area (Å²) >= 11 is -2.04. The molecule has 1 N–H and O–H groups in total. The highest BCUT2D eigenvalue weighted by Gasteiger charge is 2.59. The molecule has 0 aromatic carbocycles. The summed E-state index contributed by atoms with van der Waals surface area (Å²) in [4.78, 5) is 53.6. The molecule has 4 atom stereocenters. The summed E-state index contributed by atoms with van der Waals surface area (Å²) in [5, 5.41) is 0. The first kappa shape index (κ1) is 33.9. The monoisotopic (exact) mass is 625 g/mol. The zero-order valence-electron chi connectivity index (χ0n) is 27.2. The van der Waals surface area contributed by atoms with E-state index >= 15 is 0 Å². The van der Waals surface area contributed by atoms with E-state index in [1.54, 1.807) is 27.7 Å². The van der Waals surface area contributed by atoms with Crippen LogP contribution in [0.5, 0.6) is 0 Å². The Kier molecular flexibility index (Phi) is 9.50. The first-order valence-electron chi connectivity index (χ1n) is 15.8. The van der Waals surface area contributed by atoms with Crippen LogP contribution in [0, 0.1) is 39.9 Å². The second-order valence-electron chi connectivity index (χ2n) is 15.4. The largest absolute Gasteiger partial charge is 0.465 e. The minimum absolute atomic E-state index is 0.0130. The number of hydrogen-bond acceptors (Lipinski definition) is 9. The summed E-state index contributed by atoms with van der Waals surface area (Å²) in [7, 11) is 1.21. The van der Waals surface area contributed by atoms with E-state index < -0.39 is 56.6 Å². The summed E-state index contributed by atoms with van der Waals surface area (Å²) in [6, 6.07) is 0. The minimum atomic E-state index is -2.04. The summed E-state index contributed by atoms with van der Waals surface area (Å²) < 4.78 is 36.6. The molecule has 43 heavy (non-hydrogen) atoms. The zero-order chi connectivity index (χ0) is 32.0. The molecule has 0 aromatic heterocycles. The van der Waals surface area contributed by atoms with Gasteiger partial charge in [0.1, 0.15) is 11.2 Å². The normalized spacial score (nSPS) is 35.2. The molecule has 0 aromatic rings. The fraction of sp³-hybridized carbons (Fsp3) is 0.875. The molecule has 4 bridgehead atoms. The molecule has 1 heterocycles. The first-order valence-corrected chi connectivity index (χ1v) is 16.8. The van der Waals surface area contributed by atoms with Crippen LogP contribution in [0.25, 0.3) is 0 Å². The van der Waals surface area contributed by atoms with Gasteiger partial charge in [0.15, 0.2) is 0 Å². The molecule has 244 valence electrons. The molecule has 11 heteroatoms. The average Bonchev–Trinajstić information content (AvgIpc) is 2.90. The minimum Gasteiger partial charge on any atom is -0.465 e. The maximum Gasteiger partial charge on any atom is 0.312 e. The molecule has 1 saturated heterocycles. The number of amides is 1. The van der Waals surface area contributed by atoms with Crippen LogP contribution in [0.2, 0.25) is 0 Å². The van der Waals surface area contributed by atoms with Crippen LogP contribution in [0.4, 0.5) is 0 Å². The van der Waals surface area contributed by atoms with Gasteiger partial charge in [-0.2, -0.15) is 0 Å². The molecular weight excluding hydrogens is 574 g/mol. The molecule has 4 unspecified atom stereocenters. The lowest BCUT2D eigenvalue weighted by Crippen LogP contribution is -2.59. The lowest BCUT2D eigenvalue weighted by atomic mass is 9.50. The predicted octanol–water partition coefficient (Wildman–Crippen LogP) is 4.95. The Hall–Kier alpha value is -2.01. The van der Waals surface area contributed by atoms with Crippen LogP contribution in [-0.4, -0.2) is 52.9 Å². The van der Waals surface area contributed by atoms with Gasteiger partial charge in [-0.1, -0.05) is 20.8 Å². The Labute approximate surface area is 258 Å². The van der Waals surface area contributed by atoms with Crippen LogP contribution >= 0.6 is 0 Å². The summed E-state index contributed by atoms with van der Waals surface area (Å²) in [5.41, 5.74) is -5.19. The van der Waals surface area contributed by atoms with E-state index in [2.05, 4.69) is 11.6 Å². The third-order valence-electron chi connectivity index (χ3n) is 11.1. The molecular formula is C32H51NO9S. The van der Waals surface area contributed by atoms with Crippen molar-refractivity contribution in [2.75, 3.05) is 13.7 Å². The number of rotatable bonds is 12. The molecule has 5 fully saturated rings. The molecule has 0 spiro atoms. The van der Waals surface area contributed by atoms with Crippen molar-refractivity contribution in [2.24, 2.45) is 39.9 Å². The highest BCUT2D eigenvalue weighted by Crippen LogP contribution is 2.60. The zero-order valence-corrected chi connectivity index (χ0v) is 28.0. The molecule has 0 radical (unpaired) electrons. The second-order valence-corrected chi connectivity index (χ2v) is 16.4. The number of nitrogens with one attached hydrogen (secondary N) is 1. The topological polar surface area (TPSA) is 134 Å². The van der Waals surface area contributed by atoms with Crippen LogP contribution in [0.1, 0.15) is 113 Å². The molecule has 5 aliphatic rings. The lowest BCUT2D eigenvalue weighted by Gasteiger charge is -2.59. The van der Waals surface area contributed by atoms with Gasteiger partial charge in [0.25, 0.3) is 11.3 Å². The van der Waals surface area contributed by atoms with Crippen molar-refractivity contribution < 1.29 is 41.8 Å². The van der Waals surface area contributed by atoms with E-state index in [0.29, 0.717) is 24.7 Å². The fourth-order valence-corrected chi connectivity index (χ4v) is 9.10. The van der Waals surface area contributed by atoms with Gasteiger partial charge < -0.3 is 14.2 Å². The second kappa shape index (κ2) is 12.1. The van der Waals surface area contributed by atoms with Gasteiger partial charge in [-0.05, 0) is 103 Å². The van der Waals surface area contributed by atoms with Crippen molar-refractivity contribution in [3.8, 4) is 0 Å². The number of carbonyl (C=O) groups excluding carboxylic acids is 4. The van der Waals surface area contributed by atoms with Crippen molar-refractivity contribution in [3.05, 3.63) is 0 Å². The van der Waals surface area contributed by atoms with Crippen molar-refractivity contribution in [1.29, 1.82) is 0 Å². The summed E-state index contributed by atoms with van der Waals surface area (Å²) in [6.45, 7) is 12.7. The molecule has 4 saturated carbocycles. The third-order valence-corrected chi connectivity index (χ3v) is 11.8. The Morgan fingerprint density at radius 2 is 1.49 bits per heavy atom. The van der Waals surface area contributed by atoms with E-state index in [-0.39, 0.29) is 31.8 Å². The van der Waals surface area contributed by atoms with Crippen molar-refractivity contribution >= 4 is 35.1 Å². The van der Waals surface area contributed by atoms with Gasteiger partial charge in [-0.15, -0.1) is 0 Å². The Morgan fingerprint density at radius 3 is 2.00 bits per heavy atom. The average molecular weight is 626 g/mol. The quantitative estimate of drug-likeness (QED) is 0.236. The van der Waals surface area contributed by atoms with E-state index in [4.69, 9.17) is 18.4 Å². The van der Waals surface area contributed by atoms with Crippen LogP contribution in [-0.2, 0) is 48.8 Å². The van der Waals surface area contributed by atoms with Gasteiger partial charge >= 0.3 is 17.9 Å². The first-order chi connectivity index (χ1) is 19.9. The molecule has 10 nitrogen and oxygen atoms in total. The number of carbonyl (C=O) groups is 4. The van der Waals surface area contributed by atoms with Gasteiger partial charge in [-0.3, -0.25) is 28.1 Å². The van der Waals surface area contributed by atoms with E-state index in [0.717, 1.165) is 37.5 Å². The molecule has 4 aliphatic carbocycles. The number of esters is 3. The van der Waals surface area contributed by atoms with Crippen molar-refractivity contribution in [3.63, 3.8) is 0 Å². The number of cyclic esters (lactones) is 1. The van der Waals surface area contributed by atoms with Gasteiger partial charge in [-0.25, -0.2) is 4.21 Å². The van der Waals surface area contributed by atoms with Crippen LogP contribution < -0.4 is 4.72 Å². The van der Waals surface area contributed by atoms with Crippen LogP contribution in [0.15, 0.2) is 0 Å². The third kappa shape index (κ3) is 6.97. The summed E-state index contributed by atoms with van der Waals surface area (Å²) in [6.07, 6.45) is 6.39. The van der Waals surface area contributed by atoms with E-state index in [1.165, 1.54) is 13.5 Å². The van der Waals surface area contributed by atoms with Crippen LogP contribution in [0.3, 0.4) is 0 Å². The smallest absolute Gasteiger partial charge is 0.312 e. The lowest BCUT2D eigenvalue weighted by molar-refractivity contribution is -0.214. The van der Waals surface area contributed by atoms with E-state index in [1.807, 2.05) is 13.8 Å². The SMILES string of the molecule is CCC(C)(CC(C)(CC(C)(C)C(=O)NS(=O)OC)C(=O)OC1(C)CCOC(=O)C1)C(=O)OC1(C)C2CC3CC(C2)CC1C3. The molecule has 1 aliphatic heterocycles. The Morgan fingerprint density at radius 1 is 0.930 bits per heavy atom. The molecule has 5 rings (SSSR count). The number of ether oxygens (including phenoxy) is 3. The van der Waals surface area contributed by atoms with E-state index in [9.17, 15) is 23.4 Å². The summed E-state index contributed by atoms with van der Waals surface area (Å²) in [5.74, 6) is 0.192.